The highest BCUT2D eigenvalue weighted by Crippen LogP contribution is 2.34. The fourth-order valence-electron chi connectivity index (χ4n) is 1.65. The standard InChI is InChI=1S/C12H9Br2NO5/c13-7-3-1-2-6(10(7)14)8-4-15(12(18)19)5-9(20-8)11(16)17/h1-5,7,10H,(H,16,17)(H,18,19). The summed E-state index contributed by atoms with van der Waals surface area (Å²) in [5.74, 6) is -1.62. The van der Waals surface area contributed by atoms with Gasteiger partial charge in [0.1, 0.15) is 5.76 Å². The van der Waals surface area contributed by atoms with E-state index in [4.69, 9.17) is 14.9 Å². The second-order valence-corrected chi connectivity index (χ2v) is 5.98. The van der Waals surface area contributed by atoms with E-state index < -0.39 is 17.8 Å². The molecule has 6 nitrogen and oxygen atoms in total. The summed E-state index contributed by atoms with van der Waals surface area (Å²) < 4.78 is 5.25. The number of allylic oxidation sites excluding steroid dienone is 4. The van der Waals surface area contributed by atoms with Crippen molar-refractivity contribution in [1.29, 1.82) is 0 Å². The minimum absolute atomic E-state index is 0.00976. The van der Waals surface area contributed by atoms with Crippen molar-refractivity contribution in [3.8, 4) is 0 Å². The third-order valence-electron chi connectivity index (χ3n) is 2.60. The van der Waals surface area contributed by atoms with E-state index in [1.807, 2.05) is 6.08 Å². The first-order chi connectivity index (χ1) is 9.40. The summed E-state index contributed by atoms with van der Waals surface area (Å²) in [6, 6.07) is 0. The quantitative estimate of drug-likeness (QED) is 0.688. The van der Waals surface area contributed by atoms with Gasteiger partial charge in [0.15, 0.2) is 0 Å². The van der Waals surface area contributed by atoms with Gasteiger partial charge in [-0.05, 0) is 0 Å². The SMILES string of the molecule is O=C(O)C1=CN(C(=O)O)C=C(C2=CC=CC(Br)C2Br)O1. The molecule has 0 bridgehead atoms. The van der Waals surface area contributed by atoms with E-state index in [-0.39, 0.29) is 15.4 Å². The van der Waals surface area contributed by atoms with Gasteiger partial charge in [0, 0.05) is 10.4 Å². The molecule has 0 saturated heterocycles. The van der Waals surface area contributed by atoms with Gasteiger partial charge in [-0.3, -0.25) is 4.90 Å². The van der Waals surface area contributed by atoms with Crippen molar-refractivity contribution < 1.29 is 24.5 Å². The van der Waals surface area contributed by atoms with Crippen molar-refractivity contribution in [2.45, 2.75) is 9.65 Å². The van der Waals surface area contributed by atoms with Crippen LogP contribution in [0.4, 0.5) is 4.79 Å². The van der Waals surface area contributed by atoms with Gasteiger partial charge in [0.2, 0.25) is 5.76 Å². The lowest BCUT2D eigenvalue weighted by Crippen LogP contribution is -2.27. The summed E-state index contributed by atoms with van der Waals surface area (Å²) in [6.07, 6.45) is 6.25. The first-order valence-electron chi connectivity index (χ1n) is 5.43. The zero-order valence-corrected chi connectivity index (χ0v) is 13.0. The second-order valence-electron chi connectivity index (χ2n) is 3.94. The van der Waals surface area contributed by atoms with E-state index in [2.05, 4.69) is 31.9 Å². The van der Waals surface area contributed by atoms with Gasteiger partial charge < -0.3 is 14.9 Å². The Kier molecular flexibility index (Phi) is 4.34. The molecule has 2 rings (SSSR count). The van der Waals surface area contributed by atoms with Crippen molar-refractivity contribution in [3.63, 3.8) is 0 Å². The Morgan fingerprint density at radius 1 is 1.25 bits per heavy atom. The van der Waals surface area contributed by atoms with Crippen LogP contribution in [-0.2, 0) is 9.53 Å². The van der Waals surface area contributed by atoms with Gasteiger partial charge in [-0.15, -0.1) is 0 Å². The maximum absolute atomic E-state index is 11.0. The Morgan fingerprint density at radius 2 is 1.95 bits per heavy atom. The number of rotatable bonds is 2. The third kappa shape index (κ3) is 2.96. The van der Waals surface area contributed by atoms with Gasteiger partial charge in [-0.25, -0.2) is 9.59 Å². The van der Waals surface area contributed by atoms with Crippen LogP contribution in [0.2, 0.25) is 0 Å². The summed E-state index contributed by atoms with van der Waals surface area (Å²) in [4.78, 5) is 22.6. The summed E-state index contributed by atoms with van der Waals surface area (Å²) in [5, 5.41) is 18.0. The molecule has 1 aliphatic heterocycles. The highest BCUT2D eigenvalue weighted by atomic mass is 79.9. The molecule has 0 aromatic heterocycles. The number of hydrogen-bond donors (Lipinski definition) is 2. The average Bonchev–Trinajstić information content (AvgIpc) is 2.41. The number of alkyl halides is 2. The van der Waals surface area contributed by atoms with Crippen LogP contribution in [0.5, 0.6) is 0 Å². The fraction of sp³-hybridized carbons (Fsp3) is 0.167. The summed E-state index contributed by atoms with van der Waals surface area (Å²) in [5.41, 5.74) is 0.646. The minimum atomic E-state index is -1.34. The van der Waals surface area contributed by atoms with Crippen molar-refractivity contribution in [2.24, 2.45) is 0 Å². The van der Waals surface area contributed by atoms with Crippen molar-refractivity contribution >= 4 is 43.9 Å². The number of aliphatic carboxylic acids is 1. The zero-order valence-electron chi connectivity index (χ0n) is 9.86. The Bertz CT molecular complexity index is 578. The van der Waals surface area contributed by atoms with Crippen molar-refractivity contribution in [2.75, 3.05) is 0 Å². The van der Waals surface area contributed by atoms with Crippen molar-refractivity contribution in [1.82, 2.24) is 4.90 Å². The number of ether oxygens (including phenoxy) is 1. The summed E-state index contributed by atoms with van der Waals surface area (Å²) in [7, 11) is 0. The van der Waals surface area contributed by atoms with Gasteiger partial charge in [-0.2, -0.15) is 0 Å². The number of carbonyl (C=O) groups is 2. The molecule has 0 saturated carbocycles. The molecule has 2 atom stereocenters. The van der Waals surface area contributed by atoms with E-state index in [1.165, 1.54) is 6.20 Å². The number of halogens is 2. The number of nitrogens with zero attached hydrogens (tertiary/aromatic N) is 1. The normalized spacial score (nSPS) is 25.3. The summed E-state index contributed by atoms with van der Waals surface area (Å²) >= 11 is 6.88. The Hall–Kier alpha value is -1.54. The molecule has 0 fully saturated rings. The molecule has 20 heavy (non-hydrogen) atoms. The molecule has 106 valence electrons. The molecule has 1 heterocycles. The molecular formula is C12H9Br2NO5. The number of amides is 1. The molecule has 2 unspecified atom stereocenters. The molecule has 2 aliphatic rings. The zero-order chi connectivity index (χ0) is 14.9. The van der Waals surface area contributed by atoms with Crippen LogP contribution in [-0.4, -0.2) is 36.8 Å². The van der Waals surface area contributed by atoms with Crippen LogP contribution in [0.3, 0.4) is 0 Å². The van der Waals surface area contributed by atoms with Gasteiger partial charge in [-0.1, -0.05) is 50.1 Å². The van der Waals surface area contributed by atoms with Crippen LogP contribution in [0, 0.1) is 0 Å². The molecule has 0 aromatic carbocycles. The lowest BCUT2D eigenvalue weighted by atomic mass is 10.0. The molecule has 0 radical (unpaired) electrons. The Morgan fingerprint density at radius 3 is 2.55 bits per heavy atom. The van der Waals surface area contributed by atoms with Crippen LogP contribution in [0.15, 0.2) is 47.7 Å². The maximum atomic E-state index is 11.0. The van der Waals surface area contributed by atoms with Crippen LogP contribution in [0.25, 0.3) is 0 Å². The molecule has 8 heteroatoms. The van der Waals surface area contributed by atoms with E-state index in [0.29, 0.717) is 5.57 Å². The van der Waals surface area contributed by atoms with E-state index in [0.717, 1.165) is 11.1 Å². The lowest BCUT2D eigenvalue weighted by molar-refractivity contribution is -0.136. The van der Waals surface area contributed by atoms with Gasteiger partial charge in [0.25, 0.3) is 0 Å². The molecule has 1 amide bonds. The molecule has 0 aromatic rings. The number of carboxylic acids is 1. The second kappa shape index (κ2) is 5.84. The largest absolute Gasteiger partial charge is 0.475 e. The average molecular weight is 407 g/mol. The highest BCUT2D eigenvalue weighted by molar-refractivity contribution is 9.12. The lowest BCUT2D eigenvalue weighted by Gasteiger charge is -2.26. The first-order valence-corrected chi connectivity index (χ1v) is 7.26. The molecule has 0 spiro atoms. The topological polar surface area (TPSA) is 87.1 Å². The van der Waals surface area contributed by atoms with Gasteiger partial charge in [0.05, 0.1) is 17.2 Å². The monoisotopic (exact) mass is 405 g/mol. The fourth-order valence-corrected chi connectivity index (χ4v) is 2.66. The Balaban J connectivity index is 2.37. The van der Waals surface area contributed by atoms with E-state index in [1.54, 1.807) is 12.2 Å². The first kappa shape index (κ1) is 14.9. The van der Waals surface area contributed by atoms with E-state index >= 15 is 0 Å². The van der Waals surface area contributed by atoms with E-state index in [9.17, 15) is 9.59 Å². The number of carboxylic acid groups (broad SMARTS) is 2. The highest BCUT2D eigenvalue weighted by Gasteiger charge is 2.29. The molecule has 2 N–H and O–H groups in total. The third-order valence-corrected chi connectivity index (χ3v) is 5.20. The van der Waals surface area contributed by atoms with Crippen molar-refractivity contribution in [3.05, 3.63) is 47.7 Å². The molecule has 1 aliphatic carbocycles. The molecular weight excluding hydrogens is 398 g/mol. The van der Waals surface area contributed by atoms with Crippen LogP contribution >= 0.6 is 31.9 Å². The minimum Gasteiger partial charge on any atom is -0.475 e. The smallest absolute Gasteiger partial charge is 0.415 e. The van der Waals surface area contributed by atoms with Gasteiger partial charge >= 0.3 is 12.1 Å². The number of hydrogen-bond acceptors (Lipinski definition) is 3. The Labute approximate surface area is 131 Å². The van der Waals surface area contributed by atoms with Crippen LogP contribution in [0.1, 0.15) is 0 Å². The van der Waals surface area contributed by atoms with Crippen LogP contribution < -0.4 is 0 Å². The summed E-state index contributed by atoms with van der Waals surface area (Å²) in [6.45, 7) is 0. The predicted molar refractivity (Wildman–Crippen MR) is 77.4 cm³/mol. The predicted octanol–water partition coefficient (Wildman–Crippen LogP) is 2.79. The maximum Gasteiger partial charge on any atom is 0.415 e.